The van der Waals surface area contributed by atoms with Crippen LogP contribution in [0, 0.1) is 0 Å². The summed E-state index contributed by atoms with van der Waals surface area (Å²) in [4.78, 5) is 2.86. The van der Waals surface area contributed by atoms with Gasteiger partial charge in [-0.1, -0.05) is 31.2 Å². The van der Waals surface area contributed by atoms with Gasteiger partial charge in [-0.05, 0) is 29.7 Å². The Bertz CT molecular complexity index is 507. The summed E-state index contributed by atoms with van der Waals surface area (Å²) in [7, 11) is 1.73. The molecule has 0 aliphatic rings. The maximum atomic E-state index is 5.15. The average molecular weight is 275 g/mol. The summed E-state index contributed by atoms with van der Waals surface area (Å²) in [6, 6.07) is 13.0. The summed E-state index contributed by atoms with van der Waals surface area (Å²) in [6.45, 7) is 4.72. The zero-order chi connectivity index (χ0) is 13.5. The Hall–Kier alpha value is -1.16. The molecule has 2 aromatic rings. The SMILES string of the molecule is CCc1ccc(CNCc2cccc(COC)c2)s1. The molecule has 3 heteroatoms. The second-order valence-electron chi connectivity index (χ2n) is 4.58. The maximum Gasteiger partial charge on any atom is 0.0713 e. The predicted octanol–water partition coefficient (Wildman–Crippen LogP) is 3.75. The van der Waals surface area contributed by atoms with Crippen molar-refractivity contribution in [2.45, 2.75) is 33.0 Å². The van der Waals surface area contributed by atoms with Gasteiger partial charge in [0.25, 0.3) is 0 Å². The van der Waals surface area contributed by atoms with Crippen molar-refractivity contribution in [2.75, 3.05) is 7.11 Å². The van der Waals surface area contributed by atoms with Crippen LogP contribution in [0.4, 0.5) is 0 Å². The molecule has 102 valence electrons. The van der Waals surface area contributed by atoms with E-state index in [0.717, 1.165) is 19.5 Å². The first-order valence-corrected chi connectivity index (χ1v) is 7.48. The summed E-state index contributed by atoms with van der Waals surface area (Å²) in [5.74, 6) is 0. The lowest BCUT2D eigenvalue weighted by Crippen LogP contribution is -2.11. The molecule has 0 aliphatic heterocycles. The van der Waals surface area contributed by atoms with Crippen LogP contribution in [0.25, 0.3) is 0 Å². The normalized spacial score (nSPS) is 10.8. The highest BCUT2D eigenvalue weighted by atomic mass is 32.1. The van der Waals surface area contributed by atoms with Gasteiger partial charge in [-0.3, -0.25) is 0 Å². The molecular weight excluding hydrogens is 254 g/mol. The smallest absolute Gasteiger partial charge is 0.0713 e. The highest BCUT2D eigenvalue weighted by molar-refractivity contribution is 7.11. The fraction of sp³-hybridized carbons (Fsp3) is 0.375. The molecule has 1 aromatic heterocycles. The van der Waals surface area contributed by atoms with Crippen LogP contribution < -0.4 is 5.32 Å². The fourth-order valence-electron chi connectivity index (χ4n) is 2.03. The number of hydrogen-bond donors (Lipinski definition) is 1. The molecule has 0 spiro atoms. The summed E-state index contributed by atoms with van der Waals surface area (Å²) in [5.41, 5.74) is 2.54. The number of hydrogen-bond acceptors (Lipinski definition) is 3. The van der Waals surface area contributed by atoms with E-state index < -0.39 is 0 Å². The van der Waals surface area contributed by atoms with E-state index in [0.29, 0.717) is 6.61 Å². The minimum Gasteiger partial charge on any atom is -0.380 e. The quantitative estimate of drug-likeness (QED) is 0.831. The van der Waals surface area contributed by atoms with E-state index in [1.807, 2.05) is 11.3 Å². The Balaban J connectivity index is 1.83. The summed E-state index contributed by atoms with van der Waals surface area (Å²) in [5, 5.41) is 3.49. The molecule has 0 unspecified atom stereocenters. The molecule has 2 rings (SSSR count). The van der Waals surface area contributed by atoms with Crippen molar-refractivity contribution in [1.29, 1.82) is 0 Å². The molecule has 1 aromatic carbocycles. The first kappa shape index (κ1) is 14.3. The topological polar surface area (TPSA) is 21.3 Å². The lowest BCUT2D eigenvalue weighted by Gasteiger charge is -2.06. The number of aryl methyl sites for hydroxylation is 1. The van der Waals surface area contributed by atoms with E-state index in [9.17, 15) is 0 Å². The average Bonchev–Trinajstić information content (AvgIpc) is 2.88. The fourth-order valence-corrected chi connectivity index (χ4v) is 2.96. The zero-order valence-electron chi connectivity index (χ0n) is 11.6. The molecule has 1 heterocycles. The van der Waals surface area contributed by atoms with Crippen molar-refractivity contribution in [1.82, 2.24) is 5.32 Å². The molecular formula is C16H21NOS. The number of benzene rings is 1. The Morgan fingerprint density at radius 2 is 1.84 bits per heavy atom. The number of methoxy groups -OCH3 is 1. The molecule has 0 saturated heterocycles. The van der Waals surface area contributed by atoms with Crippen LogP contribution in [0.5, 0.6) is 0 Å². The van der Waals surface area contributed by atoms with Crippen LogP contribution in [0.1, 0.15) is 27.8 Å². The Labute approximate surface area is 119 Å². The maximum absolute atomic E-state index is 5.15. The monoisotopic (exact) mass is 275 g/mol. The molecule has 0 amide bonds. The molecule has 0 saturated carbocycles. The number of nitrogens with one attached hydrogen (secondary N) is 1. The lowest BCUT2D eigenvalue weighted by atomic mass is 10.1. The molecule has 0 fully saturated rings. The highest BCUT2D eigenvalue weighted by Crippen LogP contribution is 2.16. The van der Waals surface area contributed by atoms with Gasteiger partial charge in [0.1, 0.15) is 0 Å². The van der Waals surface area contributed by atoms with Gasteiger partial charge in [-0.15, -0.1) is 11.3 Å². The zero-order valence-corrected chi connectivity index (χ0v) is 12.4. The van der Waals surface area contributed by atoms with Gasteiger partial charge in [-0.25, -0.2) is 0 Å². The Kier molecular flexibility index (Phi) is 5.58. The Morgan fingerprint density at radius 3 is 2.58 bits per heavy atom. The van der Waals surface area contributed by atoms with Gasteiger partial charge >= 0.3 is 0 Å². The van der Waals surface area contributed by atoms with Gasteiger partial charge in [0.05, 0.1) is 6.61 Å². The molecule has 0 atom stereocenters. The van der Waals surface area contributed by atoms with Crippen molar-refractivity contribution in [2.24, 2.45) is 0 Å². The summed E-state index contributed by atoms with van der Waals surface area (Å²) in [6.07, 6.45) is 1.13. The van der Waals surface area contributed by atoms with E-state index in [-0.39, 0.29) is 0 Å². The lowest BCUT2D eigenvalue weighted by molar-refractivity contribution is 0.185. The van der Waals surface area contributed by atoms with Crippen molar-refractivity contribution >= 4 is 11.3 Å². The second-order valence-corrected chi connectivity index (χ2v) is 5.83. The van der Waals surface area contributed by atoms with E-state index in [4.69, 9.17) is 4.74 Å². The van der Waals surface area contributed by atoms with E-state index in [1.165, 1.54) is 20.9 Å². The standard InChI is InChI=1S/C16H21NOS/c1-3-15-7-8-16(19-15)11-17-10-13-5-4-6-14(9-13)12-18-2/h4-9,17H,3,10-12H2,1-2H3. The third-order valence-corrected chi connectivity index (χ3v) is 4.23. The molecule has 1 N–H and O–H groups in total. The molecule has 19 heavy (non-hydrogen) atoms. The second kappa shape index (κ2) is 7.43. The molecule has 2 nitrogen and oxygen atoms in total. The minimum atomic E-state index is 0.679. The van der Waals surface area contributed by atoms with Crippen LogP contribution in [0.3, 0.4) is 0 Å². The first-order chi connectivity index (χ1) is 9.31. The van der Waals surface area contributed by atoms with Gasteiger partial charge < -0.3 is 10.1 Å². The van der Waals surface area contributed by atoms with Crippen LogP contribution in [0.2, 0.25) is 0 Å². The van der Waals surface area contributed by atoms with E-state index in [2.05, 4.69) is 48.6 Å². The largest absolute Gasteiger partial charge is 0.380 e. The predicted molar refractivity (Wildman–Crippen MR) is 81.4 cm³/mol. The van der Waals surface area contributed by atoms with Crippen LogP contribution in [0.15, 0.2) is 36.4 Å². The van der Waals surface area contributed by atoms with Gasteiger partial charge in [0.15, 0.2) is 0 Å². The first-order valence-electron chi connectivity index (χ1n) is 6.67. The molecule has 0 aliphatic carbocycles. The van der Waals surface area contributed by atoms with Crippen molar-refractivity contribution in [3.05, 3.63) is 57.3 Å². The van der Waals surface area contributed by atoms with Crippen molar-refractivity contribution < 1.29 is 4.74 Å². The van der Waals surface area contributed by atoms with Gasteiger partial charge in [0, 0.05) is 30.0 Å². The van der Waals surface area contributed by atoms with Crippen molar-refractivity contribution in [3.8, 4) is 0 Å². The number of ether oxygens (including phenoxy) is 1. The van der Waals surface area contributed by atoms with Crippen LogP contribution >= 0.6 is 11.3 Å². The summed E-state index contributed by atoms with van der Waals surface area (Å²) >= 11 is 1.90. The van der Waals surface area contributed by atoms with Gasteiger partial charge in [-0.2, -0.15) is 0 Å². The third kappa shape index (κ3) is 4.46. The van der Waals surface area contributed by atoms with Crippen LogP contribution in [-0.2, 0) is 30.9 Å². The molecule has 0 bridgehead atoms. The number of thiophene rings is 1. The van der Waals surface area contributed by atoms with E-state index >= 15 is 0 Å². The summed E-state index contributed by atoms with van der Waals surface area (Å²) < 4.78 is 5.15. The minimum absolute atomic E-state index is 0.679. The number of rotatable bonds is 7. The Morgan fingerprint density at radius 1 is 1.05 bits per heavy atom. The highest BCUT2D eigenvalue weighted by Gasteiger charge is 1.99. The van der Waals surface area contributed by atoms with Crippen LogP contribution in [-0.4, -0.2) is 7.11 Å². The van der Waals surface area contributed by atoms with Gasteiger partial charge in [0.2, 0.25) is 0 Å². The van der Waals surface area contributed by atoms with E-state index in [1.54, 1.807) is 7.11 Å². The molecule has 0 radical (unpaired) electrons. The third-order valence-electron chi connectivity index (χ3n) is 3.00. The van der Waals surface area contributed by atoms with Crippen molar-refractivity contribution in [3.63, 3.8) is 0 Å².